The molecule has 0 aliphatic carbocycles. The van der Waals surface area contributed by atoms with E-state index < -0.39 is 0 Å². The average molecular weight is 213 g/mol. The summed E-state index contributed by atoms with van der Waals surface area (Å²) in [5.74, 6) is 0.848. The van der Waals surface area contributed by atoms with E-state index in [4.69, 9.17) is 5.73 Å². The average Bonchev–Trinajstić information content (AvgIpc) is 2.17. The SMILES string of the molecule is CC(C)CCN1CCN(C)C(CN)C1=O. The number of likely N-dealkylation sites (N-methyl/N-ethyl adjacent to an activating group) is 1. The molecule has 1 heterocycles. The Morgan fingerprint density at radius 2 is 2.13 bits per heavy atom. The van der Waals surface area contributed by atoms with Crippen LogP contribution < -0.4 is 5.73 Å². The number of carbonyl (C=O) groups excluding carboxylic acids is 1. The summed E-state index contributed by atoms with van der Waals surface area (Å²) in [6.07, 6.45) is 1.08. The highest BCUT2D eigenvalue weighted by molar-refractivity contribution is 5.82. The summed E-state index contributed by atoms with van der Waals surface area (Å²) in [7, 11) is 1.97. The molecule has 88 valence electrons. The predicted octanol–water partition coefficient (Wildman–Crippen LogP) is 0.134. The molecule has 1 aliphatic rings. The summed E-state index contributed by atoms with van der Waals surface area (Å²) in [4.78, 5) is 16.0. The van der Waals surface area contributed by atoms with Crippen LogP contribution in [0, 0.1) is 5.92 Å². The summed E-state index contributed by atoms with van der Waals surface area (Å²) in [5.41, 5.74) is 5.61. The second-order valence-electron chi connectivity index (χ2n) is 4.74. The van der Waals surface area contributed by atoms with Crippen LogP contribution in [0.5, 0.6) is 0 Å². The van der Waals surface area contributed by atoms with Gasteiger partial charge < -0.3 is 10.6 Å². The fourth-order valence-corrected chi connectivity index (χ4v) is 1.86. The molecule has 0 aromatic heterocycles. The number of hydrogen-bond donors (Lipinski definition) is 1. The largest absolute Gasteiger partial charge is 0.340 e. The first-order valence-electron chi connectivity index (χ1n) is 5.75. The Labute approximate surface area is 92.4 Å². The van der Waals surface area contributed by atoms with Crippen LogP contribution in [0.2, 0.25) is 0 Å². The lowest BCUT2D eigenvalue weighted by Crippen LogP contribution is -2.58. The predicted molar refractivity (Wildman–Crippen MR) is 61.5 cm³/mol. The van der Waals surface area contributed by atoms with Gasteiger partial charge in [0.25, 0.3) is 0 Å². The van der Waals surface area contributed by atoms with Gasteiger partial charge in [0.05, 0.1) is 0 Å². The Bertz CT molecular complexity index is 218. The van der Waals surface area contributed by atoms with E-state index in [1.807, 2.05) is 16.8 Å². The van der Waals surface area contributed by atoms with Gasteiger partial charge in [0.2, 0.25) is 5.91 Å². The fourth-order valence-electron chi connectivity index (χ4n) is 1.86. The molecule has 0 aromatic rings. The maximum Gasteiger partial charge on any atom is 0.241 e. The van der Waals surface area contributed by atoms with Crippen LogP contribution >= 0.6 is 0 Å². The third kappa shape index (κ3) is 3.18. The topological polar surface area (TPSA) is 49.6 Å². The second kappa shape index (κ2) is 5.47. The van der Waals surface area contributed by atoms with E-state index in [0.29, 0.717) is 12.5 Å². The quantitative estimate of drug-likeness (QED) is 0.722. The van der Waals surface area contributed by atoms with Crippen LogP contribution in [-0.4, -0.2) is 55.0 Å². The molecule has 4 nitrogen and oxygen atoms in total. The monoisotopic (exact) mass is 213 g/mol. The first-order chi connectivity index (χ1) is 7.06. The van der Waals surface area contributed by atoms with Gasteiger partial charge in [0.15, 0.2) is 0 Å². The van der Waals surface area contributed by atoms with E-state index in [2.05, 4.69) is 13.8 Å². The van der Waals surface area contributed by atoms with E-state index in [0.717, 1.165) is 26.1 Å². The van der Waals surface area contributed by atoms with Crippen molar-refractivity contribution >= 4 is 5.91 Å². The molecule has 1 atom stereocenters. The number of amides is 1. The highest BCUT2D eigenvalue weighted by Gasteiger charge is 2.30. The lowest BCUT2D eigenvalue weighted by Gasteiger charge is -2.38. The second-order valence-corrected chi connectivity index (χ2v) is 4.74. The zero-order valence-corrected chi connectivity index (χ0v) is 10.1. The molecule has 1 fully saturated rings. The van der Waals surface area contributed by atoms with Gasteiger partial charge in [0.1, 0.15) is 6.04 Å². The van der Waals surface area contributed by atoms with E-state index in [1.54, 1.807) is 0 Å². The number of piperazine rings is 1. The van der Waals surface area contributed by atoms with Crippen molar-refractivity contribution < 1.29 is 4.79 Å². The zero-order valence-electron chi connectivity index (χ0n) is 10.1. The number of hydrogen-bond acceptors (Lipinski definition) is 3. The molecule has 1 unspecified atom stereocenters. The Hall–Kier alpha value is -0.610. The fraction of sp³-hybridized carbons (Fsp3) is 0.909. The lowest BCUT2D eigenvalue weighted by atomic mass is 10.1. The van der Waals surface area contributed by atoms with Gasteiger partial charge in [-0.05, 0) is 19.4 Å². The van der Waals surface area contributed by atoms with E-state index in [9.17, 15) is 4.79 Å². The highest BCUT2D eigenvalue weighted by Crippen LogP contribution is 2.11. The van der Waals surface area contributed by atoms with Crippen molar-refractivity contribution in [3.05, 3.63) is 0 Å². The number of carbonyl (C=O) groups is 1. The van der Waals surface area contributed by atoms with E-state index in [1.165, 1.54) is 0 Å². The zero-order chi connectivity index (χ0) is 11.4. The van der Waals surface area contributed by atoms with Gasteiger partial charge in [-0.15, -0.1) is 0 Å². The molecular weight excluding hydrogens is 190 g/mol. The lowest BCUT2D eigenvalue weighted by molar-refractivity contribution is -0.140. The molecule has 0 spiro atoms. The number of nitrogens with zero attached hydrogens (tertiary/aromatic N) is 2. The maximum absolute atomic E-state index is 12.0. The molecule has 2 N–H and O–H groups in total. The molecule has 15 heavy (non-hydrogen) atoms. The van der Waals surface area contributed by atoms with Crippen LogP contribution in [0.4, 0.5) is 0 Å². The molecule has 1 amide bonds. The van der Waals surface area contributed by atoms with Crippen LogP contribution in [0.25, 0.3) is 0 Å². The number of nitrogens with two attached hydrogens (primary N) is 1. The Balaban J connectivity index is 2.49. The molecule has 0 bridgehead atoms. The third-order valence-electron chi connectivity index (χ3n) is 3.05. The summed E-state index contributed by atoms with van der Waals surface area (Å²) < 4.78 is 0. The smallest absolute Gasteiger partial charge is 0.241 e. The number of rotatable bonds is 4. The summed E-state index contributed by atoms with van der Waals surface area (Å²) >= 11 is 0. The minimum absolute atomic E-state index is 0.106. The van der Waals surface area contributed by atoms with Gasteiger partial charge >= 0.3 is 0 Å². The Morgan fingerprint density at radius 3 is 2.67 bits per heavy atom. The first-order valence-corrected chi connectivity index (χ1v) is 5.75. The Kier molecular flexibility index (Phi) is 4.54. The van der Waals surface area contributed by atoms with Crippen molar-refractivity contribution in [2.75, 3.05) is 33.2 Å². The molecule has 4 heteroatoms. The van der Waals surface area contributed by atoms with Gasteiger partial charge in [-0.2, -0.15) is 0 Å². The standard InChI is InChI=1S/C11H23N3O/c1-9(2)4-5-14-7-6-13(3)10(8-12)11(14)15/h9-10H,4-8,12H2,1-3H3. The van der Waals surface area contributed by atoms with Crippen LogP contribution in [-0.2, 0) is 4.79 Å². The molecule has 1 saturated heterocycles. The van der Waals surface area contributed by atoms with E-state index in [-0.39, 0.29) is 11.9 Å². The molecule has 0 saturated carbocycles. The van der Waals surface area contributed by atoms with Crippen LogP contribution in [0.15, 0.2) is 0 Å². The first kappa shape index (κ1) is 12.5. The van der Waals surface area contributed by atoms with Gasteiger partial charge in [0, 0.05) is 26.2 Å². The van der Waals surface area contributed by atoms with Crippen molar-refractivity contribution in [3.8, 4) is 0 Å². The maximum atomic E-state index is 12.0. The third-order valence-corrected chi connectivity index (χ3v) is 3.05. The van der Waals surface area contributed by atoms with Crippen LogP contribution in [0.3, 0.4) is 0 Å². The van der Waals surface area contributed by atoms with Crippen LogP contribution in [0.1, 0.15) is 20.3 Å². The van der Waals surface area contributed by atoms with Crippen molar-refractivity contribution in [3.63, 3.8) is 0 Å². The minimum Gasteiger partial charge on any atom is -0.340 e. The van der Waals surface area contributed by atoms with Gasteiger partial charge in [-0.25, -0.2) is 0 Å². The Morgan fingerprint density at radius 1 is 1.47 bits per heavy atom. The van der Waals surface area contributed by atoms with E-state index >= 15 is 0 Å². The molecular formula is C11H23N3O. The normalized spacial score (nSPS) is 23.9. The van der Waals surface area contributed by atoms with Crippen molar-refractivity contribution in [2.24, 2.45) is 11.7 Å². The molecule has 0 radical (unpaired) electrons. The van der Waals surface area contributed by atoms with Gasteiger partial charge in [-0.1, -0.05) is 13.8 Å². The van der Waals surface area contributed by atoms with Crippen molar-refractivity contribution in [2.45, 2.75) is 26.3 Å². The summed E-state index contributed by atoms with van der Waals surface area (Å²) in [5, 5.41) is 0. The minimum atomic E-state index is -0.106. The molecule has 1 rings (SSSR count). The van der Waals surface area contributed by atoms with Crippen molar-refractivity contribution in [1.29, 1.82) is 0 Å². The highest BCUT2D eigenvalue weighted by atomic mass is 16.2. The summed E-state index contributed by atoms with van der Waals surface area (Å²) in [6, 6.07) is -0.106. The van der Waals surface area contributed by atoms with Gasteiger partial charge in [-0.3, -0.25) is 9.69 Å². The van der Waals surface area contributed by atoms with Crippen molar-refractivity contribution in [1.82, 2.24) is 9.80 Å². The summed E-state index contributed by atoms with van der Waals surface area (Å²) in [6.45, 7) is 7.44. The molecule has 1 aliphatic heterocycles. The molecule has 0 aromatic carbocycles.